The highest BCUT2D eigenvalue weighted by atomic mass is 16.6. The zero-order valence-corrected chi connectivity index (χ0v) is 14.9. The lowest BCUT2D eigenvalue weighted by Gasteiger charge is -2.18. The number of hydrogen-bond donors (Lipinski definition) is 0. The van der Waals surface area contributed by atoms with Gasteiger partial charge in [-0.25, -0.2) is 9.79 Å². The average molecular weight is 367 g/mol. The molecule has 0 unspecified atom stereocenters. The molecule has 0 N–H and O–H groups in total. The molecule has 2 heterocycles. The lowest BCUT2D eigenvalue weighted by Crippen LogP contribution is -2.15. The number of cyclic esters (lactones) is 1. The van der Waals surface area contributed by atoms with Crippen molar-refractivity contribution in [2.24, 2.45) is 4.99 Å². The molecule has 2 aromatic carbocycles. The molecule has 0 spiro atoms. The maximum atomic E-state index is 12.2. The van der Waals surface area contributed by atoms with Gasteiger partial charge < -0.3 is 23.7 Å². The fourth-order valence-corrected chi connectivity index (χ4v) is 2.81. The number of aliphatic imine (C=N–C) groups is 1. The van der Waals surface area contributed by atoms with Gasteiger partial charge in [0.2, 0.25) is 5.90 Å². The first-order valence-corrected chi connectivity index (χ1v) is 8.32. The van der Waals surface area contributed by atoms with Crippen molar-refractivity contribution in [1.82, 2.24) is 0 Å². The molecule has 0 aliphatic carbocycles. The van der Waals surface area contributed by atoms with Crippen LogP contribution in [0.1, 0.15) is 11.1 Å². The van der Waals surface area contributed by atoms with Crippen molar-refractivity contribution in [2.45, 2.75) is 0 Å². The number of rotatable bonds is 4. The van der Waals surface area contributed by atoms with Gasteiger partial charge in [0, 0.05) is 5.56 Å². The number of esters is 1. The smallest absolute Gasteiger partial charge is 0.363 e. The van der Waals surface area contributed by atoms with E-state index < -0.39 is 5.97 Å². The molecular weight excluding hydrogens is 350 g/mol. The zero-order chi connectivity index (χ0) is 18.8. The fraction of sp³-hybridized carbons (Fsp3) is 0.200. The van der Waals surface area contributed by atoms with E-state index in [1.54, 1.807) is 43.5 Å². The molecule has 0 saturated carbocycles. The van der Waals surface area contributed by atoms with Gasteiger partial charge in [0.05, 0.1) is 14.2 Å². The highest BCUT2D eigenvalue weighted by Gasteiger charge is 2.25. The minimum Gasteiger partial charge on any atom is -0.493 e. The van der Waals surface area contributed by atoms with E-state index in [1.807, 2.05) is 6.07 Å². The van der Waals surface area contributed by atoms with Gasteiger partial charge in [0.1, 0.15) is 13.2 Å². The summed E-state index contributed by atoms with van der Waals surface area (Å²) in [6.45, 7) is 1.02. The largest absolute Gasteiger partial charge is 0.493 e. The molecule has 0 atom stereocenters. The van der Waals surface area contributed by atoms with E-state index in [0.717, 1.165) is 5.56 Å². The summed E-state index contributed by atoms with van der Waals surface area (Å²) in [7, 11) is 3.09. The van der Waals surface area contributed by atoms with Crippen LogP contribution in [0.3, 0.4) is 0 Å². The Hall–Kier alpha value is -3.48. The van der Waals surface area contributed by atoms with Crippen LogP contribution >= 0.6 is 0 Å². The average Bonchev–Trinajstić information content (AvgIpc) is 3.07. The van der Waals surface area contributed by atoms with E-state index in [0.29, 0.717) is 41.8 Å². The summed E-state index contributed by atoms with van der Waals surface area (Å²) in [6, 6.07) is 10.6. The topological polar surface area (TPSA) is 75.6 Å². The van der Waals surface area contributed by atoms with Gasteiger partial charge in [-0.1, -0.05) is 6.07 Å². The summed E-state index contributed by atoms with van der Waals surface area (Å²) in [5.41, 5.74) is 1.59. The zero-order valence-electron chi connectivity index (χ0n) is 14.9. The SMILES string of the molecule is COc1ccc(C2=N/C(=C/c3ccc4c(c3)OCCO4)C(=O)O2)cc1OC. The standard InChI is InChI=1S/C20H17NO6/c1-23-15-6-4-13(11-17(15)24-2)19-21-14(20(22)27-19)9-12-3-5-16-18(10-12)26-8-7-25-16/h3-6,9-11H,7-8H2,1-2H3/b14-9+. The van der Waals surface area contributed by atoms with Crippen LogP contribution < -0.4 is 18.9 Å². The van der Waals surface area contributed by atoms with Crippen LogP contribution in [-0.4, -0.2) is 39.3 Å². The second-order valence-electron chi connectivity index (χ2n) is 5.81. The third kappa shape index (κ3) is 3.31. The van der Waals surface area contributed by atoms with Gasteiger partial charge in [-0.2, -0.15) is 0 Å². The number of carbonyl (C=O) groups excluding carboxylic acids is 1. The molecule has 0 bridgehead atoms. The van der Waals surface area contributed by atoms with Crippen molar-refractivity contribution in [1.29, 1.82) is 0 Å². The van der Waals surface area contributed by atoms with Gasteiger partial charge in [0.15, 0.2) is 28.7 Å². The van der Waals surface area contributed by atoms with E-state index in [2.05, 4.69) is 4.99 Å². The monoisotopic (exact) mass is 367 g/mol. The van der Waals surface area contributed by atoms with Crippen molar-refractivity contribution in [3.63, 3.8) is 0 Å². The molecule has 138 valence electrons. The Bertz CT molecular complexity index is 963. The molecule has 0 aromatic heterocycles. The highest BCUT2D eigenvalue weighted by molar-refractivity contribution is 6.13. The van der Waals surface area contributed by atoms with E-state index in [9.17, 15) is 4.79 Å². The molecule has 0 radical (unpaired) electrons. The van der Waals surface area contributed by atoms with Gasteiger partial charge in [-0.05, 0) is 42.0 Å². The summed E-state index contributed by atoms with van der Waals surface area (Å²) < 4.78 is 26.9. The maximum Gasteiger partial charge on any atom is 0.363 e. The Labute approximate surface area is 155 Å². The Balaban J connectivity index is 1.64. The minimum atomic E-state index is -0.519. The molecule has 0 saturated heterocycles. The number of nitrogens with zero attached hydrogens (tertiary/aromatic N) is 1. The van der Waals surface area contributed by atoms with Crippen LogP contribution in [0, 0.1) is 0 Å². The lowest BCUT2D eigenvalue weighted by molar-refractivity contribution is -0.129. The summed E-state index contributed by atoms with van der Waals surface area (Å²) in [5.74, 6) is 2.13. The number of carbonyl (C=O) groups is 1. The predicted octanol–water partition coefficient (Wildman–Crippen LogP) is 2.82. The highest BCUT2D eigenvalue weighted by Crippen LogP contribution is 2.32. The summed E-state index contributed by atoms with van der Waals surface area (Å²) in [6.07, 6.45) is 1.65. The van der Waals surface area contributed by atoms with E-state index in [-0.39, 0.29) is 11.6 Å². The Kier molecular flexibility index (Phi) is 4.42. The normalized spacial score (nSPS) is 16.7. The first-order valence-electron chi connectivity index (χ1n) is 8.32. The molecule has 27 heavy (non-hydrogen) atoms. The van der Waals surface area contributed by atoms with Crippen molar-refractivity contribution < 1.29 is 28.5 Å². The Morgan fingerprint density at radius 2 is 1.74 bits per heavy atom. The maximum absolute atomic E-state index is 12.2. The van der Waals surface area contributed by atoms with Gasteiger partial charge in [-0.15, -0.1) is 0 Å². The summed E-state index contributed by atoms with van der Waals surface area (Å²) in [5, 5.41) is 0. The van der Waals surface area contributed by atoms with Crippen LogP contribution in [0.2, 0.25) is 0 Å². The molecule has 7 heteroatoms. The van der Waals surface area contributed by atoms with E-state index >= 15 is 0 Å². The summed E-state index contributed by atoms with van der Waals surface area (Å²) >= 11 is 0. The molecule has 2 aliphatic heterocycles. The fourth-order valence-electron chi connectivity index (χ4n) is 2.81. The van der Waals surface area contributed by atoms with Gasteiger partial charge >= 0.3 is 5.97 Å². The predicted molar refractivity (Wildman–Crippen MR) is 97.6 cm³/mol. The number of fused-ring (bicyclic) bond motifs is 1. The van der Waals surface area contributed by atoms with Crippen LogP contribution in [0.5, 0.6) is 23.0 Å². The van der Waals surface area contributed by atoms with Crippen molar-refractivity contribution in [2.75, 3.05) is 27.4 Å². The third-order valence-corrected chi connectivity index (χ3v) is 4.12. The van der Waals surface area contributed by atoms with Crippen LogP contribution in [0.4, 0.5) is 0 Å². The number of benzene rings is 2. The second-order valence-corrected chi connectivity index (χ2v) is 5.81. The summed E-state index contributed by atoms with van der Waals surface area (Å²) in [4.78, 5) is 16.5. The lowest BCUT2D eigenvalue weighted by atomic mass is 10.1. The van der Waals surface area contributed by atoms with Crippen molar-refractivity contribution in [3.05, 3.63) is 53.2 Å². The number of methoxy groups -OCH3 is 2. The number of ether oxygens (including phenoxy) is 5. The van der Waals surface area contributed by atoms with Gasteiger partial charge in [-0.3, -0.25) is 0 Å². The van der Waals surface area contributed by atoms with Crippen LogP contribution in [0.15, 0.2) is 47.1 Å². The van der Waals surface area contributed by atoms with E-state index in [1.165, 1.54) is 7.11 Å². The molecule has 4 rings (SSSR count). The molecule has 0 fully saturated rings. The first kappa shape index (κ1) is 17.0. The second kappa shape index (κ2) is 7.03. The molecule has 2 aromatic rings. The van der Waals surface area contributed by atoms with Crippen molar-refractivity contribution >= 4 is 17.9 Å². The molecule has 7 nitrogen and oxygen atoms in total. The molecule has 2 aliphatic rings. The van der Waals surface area contributed by atoms with Crippen LogP contribution in [-0.2, 0) is 9.53 Å². The Morgan fingerprint density at radius 1 is 0.963 bits per heavy atom. The van der Waals surface area contributed by atoms with Crippen LogP contribution in [0.25, 0.3) is 6.08 Å². The third-order valence-electron chi connectivity index (χ3n) is 4.12. The first-order chi connectivity index (χ1) is 13.2. The molecular formula is C20H17NO6. The van der Waals surface area contributed by atoms with E-state index in [4.69, 9.17) is 23.7 Å². The number of hydrogen-bond acceptors (Lipinski definition) is 7. The van der Waals surface area contributed by atoms with Gasteiger partial charge in [0.25, 0.3) is 0 Å². The quantitative estimate of drug-likeness (QED) is 0.611. The van der Waals surface area contributed by atoms with Crippen molar-refractivity contribution in [3.8, 4) is 23.0 Å². The Morgan fingerprint density at radius 3 is 2.52 bits per heavy atom. The minimum absolute atomic E-state index is 0.205. The molecule has 0 amide bonds.